The van der Waals surface area contributed by atoms with Gasteiger partial charge in [-0.3, -0.25) is 4.40 Å². The quantitative estimate of drug-likeness (QED) is 0.679. The highest BCUT2D eigenvalue weighted by molar-refractivity contribution is 7.91. The van der Waals surface area contributed by atoms with Gasteiger partial charge in [-0.05, 0) is 43.2 Å². The van der Waals surface area contributed by atoms with Crippen LogP contribution in [0.3, 0.4) is 0 Å². The summed E-state index contributed by atoms with van der Waals surface area (Å²) in [5, 5.41) is 0. The maximum Gasteiger partial charge on any atom is 0.156 e. The topological polar surface area (TPSA) is 62.5 Å². The molecule has 0 aliphatic carbocycles. The Labute approximate surface area is 132 Å². The van der Waals surface area contributed by atoms with Gasteiger partial charge in [0.1, 0.15) is 23.5 Å². The molecule has 0 aliphatic heterocycles. The molecular formula is C16H17N3O2S. The molecule has 22 heavy (non-hydrogen) atoms. The van der Waals surface area contributed by atoms with E-state index in [1.54, 1.807) is 12.5 Å². The fraction of sp³-hybridized carbons (Fsp3) is 0.250. The van der Waals surface area contributed by atoms with Gasteiger partial charge in [0.05, 0.1) is 12.3 Å². The van der Waals surface area contributed by atoms with E-state index in [4.69, 9.17) is 4.74 Å². The van der Waals surface area contributed by atoms with Crippen molar-refractivity contribution in [3.05, 3.63) is 43.0 Å². The monoisotopic (exact) mass is 315 g/mol. The summed E-state index contributed by atoms with van der Waals surface area (Å²) in [7, 11) is 0. The predicted molar refractivity (Wildman–Crippen MR) is 86.5 cm³/mol. The Balaban J connectivity index is 2.08. The van der Waals surface area contributed by atoms with Gasteiger partial charge in [-0.1, -0.05) is 0 Å². The Morgan fingerprint density at radius 1 is 1.27 bits per heavy atom. The van der Waals surface area contributed by atoms with Crippen LogP contribution in [0.5, 0.6) is 5.75 Å². The summed E-state index contributed by atoms with van der Waals surface area (Å²) in [4.78, 5) is 9.44. The summed E-state index contributed by atoms with van der Waals surface area (Å²) in [5.41, 5.74) is 2.53. The first-order valence-electron chi connectivity index (χ1n) is 7.17. The number of hydrogen-bond donors (Lipinski definition) is 0. The van der Waals surface area contributed by atoms with Crippen LogP contribution in [0.25, 0.3) is 16.9 Å². The Kier molecular flexibility index (Phi) is 4.31. The highest BCUT2D eigenvalue weighted by Gasteiger charge is 2.16. The van der Waals surface area contributed by atoms with Gasteiger partial charge in [0.25, 0.3) is 0 Å². The molecule has 1 atom stereocenters. The lowest BCUT2D eigenvalue weighted by Crippen LogP contribution is -2.05. The van der Waals surface area contributed by atoms with Crippen LogP contribution < -0.4 is 4.74 Å². The Morgan fingerprint density at radius 2 is 2.14 bits per heavy atom. The van der Waals surface area contributed by atoms with Crippen LogP contribution in [0.1, 0.15) is 13.8 Å². The average Bonchev–Trinajstić information content (AvgIpc) is 2.98. The SMILES string of the molecule is CCOc1cc([S+]([O-])CC)ccc1-c1cn2cnccc2n1. The number of ether oxygens (including phenoxy) is 1. The minimum Gasteiger partial charge on any atom is -0.611 e. The molecule has 1 aromatic carbocycles. The molecule has 0 amide bonds. The van der Waals surface area contributed by atoms with Gasteiger partial charge in [0.2, 0.25) is 0 Å². The van der Waals surface area contributed by atoms with Crippen LogP contribution in [0, 0.1) is 0 Å². The van der Waals surface area contributed by atoms with E-state index in [0.717, 1.165) is 21.8 Å². The first-order valence-corrected chi connectivity index (χ1v) is 8.49. The van der Waals surface area contributed by atoms with E-state index in [2.05, 4.69) is 9.97 Å². The summed E-state index contributed by atoms with van der Waals surface area (Å²) in [5.74, 6) is 1.29. The van der Waals surface area contributed by atoms with E-state index in [0.29, 0.717) is 18.1 Å². The van der Waals surface area contributed by atoms with Gasteiger partial charge < -0.3 is 9.29 Å². The van der Waals surface area contributed by atoms with Crippen molar-refractivity contribution in [3.8, 4) is 17.0 Å². The highest BCUT2D eigenvalue weighted by atomic mass is 32.2. The Morgan fingerprint density at radius 3 is 2.86 bits per heavy atom. The van der Waals surface area contributed by atoms with E-state index in [-0.39, 0.29) is 0 Å². The second-order valence-electron chi connectivity index (χ2n) is 4.70. The van der Waals surface area contributed by atoms with Gasteiger partial charge in [0, 0.05) is 24.0 Å². The van der Waals surface area contributed by atoms with Gasteiger partial charge in [-0.15, -0.1) is 0 Å². The molecule has 2 heterocycles. The van der Waals surface area contributed by atoms with Crippen LogP contribution in [0.4, 0.5) is 0 Å². The van der Waals surface area contributed by atoms with Crippen LogP contribution in [-0.4, -0.2) is 31.3 Å². The molecule has 0 fully saturated rings. The number of benzene rings is 1. The number of imidazole rings is 1. The average molecular weight is 315 g/mol. The van der Waals surface area contributed by atoms with Crippen molar-refractivity contribution in [2.45, 2.75) is 18.7 Å². The summed E-state index contributed by atoms with van der Waals surface area (Å²) in [6, 6.07) is 7.49. The second kappa shape index (κ2) is 6.37. The molecule has 0 radical (unpaired) electrons. The molecule has 114 valence electrons. The lowest BCUT2D eigenvalue weighted by molar-refractivity contribution is 0.340. The fourth-order valence-electron chi connectivity index (χ4n) is 2.27. The number of rotatable bonds is 5. The molecule has 6 heteroatoms. The summed E-state index contributed by atoms with van der Waals surface area (Å²) in [6.45, 7) is 4.38. The third-order valence-electron chi connectivity index (χ3n) is 3.32. The zero-order chi connectivity index (χ0) is 15.5. The van der Waals surface area contributed by atoms with Crippen LogP contribution >= 0.6 is 0 Å². The minimum absolute atomic E-state index is 0.546. The van der Waals surface area contributed by atoms with Crippen molar-refractivity contribution in [2.24, 2.45) is 0 Å². The highest BCUT2D eigenvalue weighted by Crippen LogP contribution is 2.32. The zero-order valence-corrected chi connectivity index (χ0v) is 13.3. The van der Waals surface area contributed by atoms with Gasteiger partial charge in [-0.2, -0.15) is 0 Å². The maximum atomic E-state index is 12.0. The number of aromatic nitrogens is 3. The first kappa shape index (κ1) is 14.9. The zero-order valence-electron chi connectivity index (χ0n) is 12.5. The Hall–Kier alpha value is -2.05. The van der Waals surface area contributed by atoms with E-state index < -0.39 is 11.2 Å². The van der Waals surface area contributed by atoms with Crippen molar-refractivity contribution in [1.29, 1.82) is 0 Å². The largest absolute Gasteiger partial charge is 0.611 e. The predicted octanol–water partition coefficient (Wildman–Crippen LogP) is 2.92. The standard InChI is InChI=1S/C16H17N3O2S/c1-3-21-15-9-12(22(20)4-2)5-6-13(15)14-10-19-11-17-8-7-16(19)18-14/h5-11H,3-4H2,1-2H3. The molecular weight excluding hydrogens is 298 g/mol. The minimum atomic E-state index is -0.999. The van der Waals surface area contributed by atoms with Crippen molar-refractivity contribution in [3.63, 3.8) is 0 Å². The van der Waals surface area contributed by atoms with Crippen LogP contribution in [-0.2, 0) is 11.2 Å². The molecule has 3 aromatic rings. The molecule has 0 spiro atoms. The Bertz CT molecular complexity index is 755. The summed E-state index contributed by atoms with van der Waals surface area (Å²) < 4.78 is 19.6. The maximum absolute atomic E-state index is 12.0. The lowest BCUT2D eigenvalue weighted by atomic mass is 10.1. The normalized spacial score (nSPS) is 12.5. The number of nitrogens with zero attached hydrogens (tertiary/aromatic N) is 3. The molecule has 3 rings (SSSR count). The summed E-state index contributed by atoms with van der Waals surface area (Å²) >= 11 is -0.999. The van der Waals surface area contributed by atoms with E-state index in [1.807, 2.05) is 48.7 Å². The van der Waals surface area contributed by atoms with Crippen LogP contribution in [0.2, 0.25) is 0 Å². The first-order chi connectivity index (χ1) is 10.7. The van der Waals surface area contributed by atoms with E-state index in [1.165, 1.54) is 0 Å². The molecule has 0 saturated heterocycles. The molecule has 0 N–H and O–H groups in total. The van der Waals surface area contributed by atoms with Gasteiger partial charge in [-0.25, -0.2) is 9.97 Å². The second-order valence-corrected chi connectivity index (χ2v) is 6.44. The third kappa shape index (κ3) is 2.80. The van der Waals surface area contributed by atoms with Gasteiger partial charge >= 0.3 is 0 Å². The van der Waals surface area contributed by atoms with E-state index >= 15 is 0 Å². The molecule has 1 unspecified atom stereocenters. The molecule has 2 aromatic heterocycles. The van der Waals surface area contributed by atoms with Crippen molar-refractivity contribution < 1.29 is 9.29 Å². The van der Waals surface area contributed by atoms with Crippen LogP contribution in [0.15, 0.2) is 47.9 Å². The fourth-order valence-corrected chi connectivity index (χ4v) is 3.06. The van der Waals surface area contributed by atoms with Crippen molar-refractivity contribution in [2.75, 3.05) is 12.4 Å². The smallest absolute Gasteiger partial charge is 0.156 e. The molecule has 0 aliphatic rings. The number of hydrogen-bond acceptors (Lipinski definition) is 4. The van der Waals surface area contributed by atoms with Gasteiger partial charge in [0.15, 0.2) is 4.90 Å². The number of fused-ring (bicyclic) bond motifs is 1. The van der Waals surface area contributed by atoms with Crippen molar-refractivity contribution >= 4 is 16.8 Å². The molecule has 0 bridgehead atoms. The molecule has 5 nitrogen and oxygen atoms in total. The van der Waals surface area contributed by atoms with E-state index in [9.17, 15) is 4.55 Å². The summed E-state index contributed by atoms with van der Waals surface area (Å²) in [6.07, 6.45) is 5.34. The van der Waals surface area contributed by atoms with Crippen molar-refractivity contribution in [1.82, 2.24) is 14.4 Å². The lowest BCUT2D eigenvalue weighted by Gasteiger charge is -2.12. The third-order valence-corrected chi connectivity index (χ3v) is 4.62. The molecule has 0 saturated carbocycles.